The zero-order valence-corrected chi connectivity index (χ0v) is 10.3. The van der Waals surface area contributed by atoms with Gasteiger partial charge >= 0.3 is 0 Å². The lowest BCUT2D eigenvalue weighted by Gasteiger charge is -2.12. The Bertz CT molecular complexity index is 530. The van der Waals surface area contributed by atoms with E-state index in [0.717, 1.165) is 17.2 Å². The Morgan fingerprint density at radius 1 is 1.38 bits per heavy atom. The summed E-state index contributed by atoms with van der Waals surface area (Å²) in [4.78, 5) is 6.85. The van der Waals surface area contributed by atoms with Crippen molar-refractivity contribution in [2.45, 2.75) is 13.3 Å². The molecule has 2 aromatic rings. The molecular formula is C13H14N2S. The van der Waals surface area contributed by atoms with Crippen LogP contribution >= 0.6 is 11.3 Å². The minimum Gasteiger partial charge on any atom is -0.374 e. The van der Waals surface area contributed by atoms with E-state index < -0.39 is 0 Å². The summed E-state index contributed by atoms with van der Waals surface area (Å²) >= 11 is 1.71. The zero-order chi connectivity index (χ0) is 11.1. The van der Waals surface area contributed by atoms with Gasteiger partial charge in [-0.2, -0.15) is 0 Å². The van der Waals surface area contributed by atoms with Crippen molar-refractivity contribution in [2.24, 2.45) is 0 Å². The highest BCUT2D eigenvalue weighted by molar-refractivity contribution is 7.09. The number of likely N-dealkylation sites (N-methyl/N-ethyl adjacent to an activating group) is 1. The van der Waals surface area contributed by atoms with Crippen LogP contribution in [0.3, 0.4) is 0 Å². The van der Waals surface area contributed by atoms with E-state index in [9.17, 15) is 0 Å². The molecule has 0 atom stereocenters. The molecule has 0 aliphatic carbocycles. The number of rotatable bonds is 1. The highest BCUT2D eigenvalue weighted by atomic mass is 32.1. The molecule has 16 heavy (non-hydrogen) atoms. The Balaban J connectivity index is 2.07. The van der Waals surface area contributed by atoms with Gasteiger partial charge < -0.3 is 4.90 Å². The lowest BCUT2D eigenvalue weighted by atomic mass is 10.1. The Labute approximate surface area is 99.6 Å². The fraction of sp³-hybridized carbons (Fsp3) is 0.308. The first kappa shape index (κ1) is 9.85. The molecule has 0 amide bonds. The molecule has 82 valence electrons. The predicted molar refractivity (Wildman–Crippen MR) is 69.3 cm³/mol. The maximum atomic E-state index is 4.53. The van der Waals surface area contributed by atoms with Crippen molar-refractivity contribution in [3.63, 3.8) is 0 Å². The van der Waals surface area contributed by atoms with Crippen molar-refractivity contribution < 1.29 is 0 Å². The topological polar surface area (TPSA) is 16.1 Å². The van der Waals surface area contributed by atoms with Gasteiger partial charge in [-0.1, -0.05) is 12.1 Å². The van der Waals surface area contributed by atoms with Gasteiger partial charge in [-0.05, 0) is 25.0 Å². The van der Waals surface area contributed by atoms with Gasteiger partial charge in [-0.3, -0.25) is 0 Å². The van der Waals surface area contributed by atoms with E-state index in [1.807, 2.05) is 6.92 Å². The predicted octanol–water partition coefficient (Wildman–Crippen LogP) is 3.11. The third-order valence-corrected chi connectivity index (χ3v) is 3.90. The van der Waals surface area contributed by atoms with E-state index in [1.165, 1.54) is 23.2 Å². The Morgan fingerprint density at radius 3 is 3.00 bits per heavy atom. The molecule has 3 heteroatoms. The molecule has 1 aliphatic rings. The number of nitrogens with zero attached hydrogens (tertiary/aromatic N) is 2. The van der Waals surface area contributed by atoms with E-state index in [1.54, 1.807) is 11.3 Å². The standard InChI is InChI=1S/C13H14N2S/c1-9-14-12(8-16-9)11-4-3-10-5-6-15(2)13(10)7-11/h3-4,7-8H,5-6H2,1-2H3. The van der Waals surface area contributed by atoms with Crippen molar-refractivity contribution >= 4 is 17.0 Å². The lowest BCUT2D eigenvalue weighted by Crippen LogP contribution is -2.12. The normalized spacial score (nSPS) is 14.2. The molecule has 2 nitrogen and oxygen atoms in total. The highest BCUT2D eigenvalue weighted by Crippen LogP contribution is 2.32. The Hall–Kier alpha value is -1.35. The van der Waals surface area contributed by atoms with Gasteiger partial charge in [0.05, 0.1) is 10.7 Å². The molecule has 1 aliphatic heterocycles. The number of fused-ring (bicyclic) bond motifs is 1. The second-order valence-corrected chi connectivity index (χ2v) is 5.33. The number of anilines is 1. The number of hydrogen-bond donors (Lipinski definition) is 0. The van der Waals surface area contributed by atoms with Crippen LogP contribution in [0.2, 0.25) is 0 Å². The van der Waals surface area contributed by atoms with Crippen LogP contribution in [0.1, 0.15) is 10.6 Å². The van der Waals surface area contributed by atoms with Crippen LogP contribution in [0, 0.1) is 6.92 Å². The molecule has 0 N–H and O–H groups in total. The largest absolute Gasteiger partial charge is 0.374 e. The average Bonchev–Trinajstić information content (AvgIpc) is 2.86. The van der Waals surface area contributed by atoms with Crippen molar-refractivity contribution in [1.29, 1.82) is 0 Å². The molecule has 0 saturated heterocycles. The van der Waals surface area contributed by atoms with Crippen LogP contribution in [0.25, 0.3) is 11.3 Å². The van der Waals surface area contributed by atoms with Crippen molar-refractivity contribution in [3.8, 4) is 11.3 Å². The van der Waals surface area contributed by atoms with Crippen LogP contribution in [-0.2, 0) is 6.42 Å². The number of thiazole rings is 1. The maximum absolute atomic E-state index is 4.53. The van der Waals surface area contributed by atoms with E-state index in [-0.39, 0.29) is 0 Å². The quantitative estimate of drug-likeness (QED) is 0.748. The fourth-order valence-electron chi connectivity index (χ4n) is 2.19. The van der Waals surface area contributed by atoms with Crippen LogP contribution in [-0.4, -0.2) is 18.6 Å². The number of aromatic nitrogens is 1. The monoisotopic (exact) mass is 230 g/mol. The van der Waals surface area contributed by atoms with Gasteiger partial charge in [-0.15, -0.1) is 11.3 Å². The smallest absolute Gasteiger partial charge is 0.0901 e. The second-order valence-electron chi connectivity index (χ2n) is 4.27. The summed E-state index contributed by atoms with van der Waals surface area (Å²) in [6.45, 7) is 3.18. The summed E-state index contributed by atoms with van der Waals surface area (Å²) in [6.07, 6.45) is 1.17. The molecule has 0 spiro atoms. The lowest BCUT2D eigenvalue weighted by molar-refractivity contribution is 0.956. The first-order chi connectivity index (χ1) is 7.74. The Morgan fingerprint density at radius 2 is 2.25 bits per heavy atom. The zero-order valence-electron chi connectivity index (χ0n) is 9.53. The van der Waals surface area contributed by atoms with Gasteiger partial charge in [0.15, 0.2) is 0 Å². The summed E-state index contributed by atoms with van der Waals surface area (Å²) in [5.41, 5.74) is 5.16. The molecule has 1 aromatic carbocycles. The number of hydrogen-bond acceptors (Lipinski definition) is 3. The molecule has 3 rings (SSSR count). The molecule has 0 saturated carbocycles. The van der Waals surface area contributed by atoms with E-state index in [4.69, 9.17) is 0 Å². The van der Waals surface area contributed by atoms with Crippen LogP contribution in [0.15, 0.2) is 23.6 Å². The molecule has 0 radical (unpaired) electrons. The summed E-state index contributed by atoms with van der Waals surface area (Å²) in [6, 6.07) is 6.69. The molecule has 0 unspecified atom stereocenters. The highest BCUT2D eigenvalue weighted by Gasteiger charge is 2.16. The van der Waals surface area contributed by atoms with E-state index >= 15 is 0 Å². The third-order valence-electron chi connectivity index (χ3n) is 3.13. The summed E-state index contributed by atoms with van der Waals surface area (Å²) in [7, 11) is 2.15. The van der Waals surface area contributed by atoms with E-state index in [2.05, 4.69) is 40.5 Å². The van der Waals surface area contributed by atoms with Crippen LogP contribution in [0.4, 0.5) is 5.69 Å². The first-order valence-corrected chi connectivity index (χ1v) is 6.38. The van der Waals surface area contributed by atoms with Gasteiger partial charge in [0, 0.05) is 30.2 Å². The SMILES string of the molecule is Cc1nc(-c2ccc3c(c2)N(C)CC3)cs1. The molecular weight excluding hydrogens is 216 g/mol. The van der Waals surface area contributed by atoms with Crippen molar-refractivity contribution in [3.05, 3.63) is 34.2 Å². The average molecular weight is 230 g/mol. The molecule has 2 heterocycles. The molecule has 0 bridgehead atoms. The van der Waals surface area contributed by atoms with Gasteiger partial charge in [0.25, 0.3) is 0 Å². The summed E-state index contributed by atoms with van der Waals surface area (Å²) in [5, 5.41) is 3.26. The minimum atomic E-state index is 1.10. The van der Waals surface area contributed by atoms with Gasteiger partial charge in [0.2, 0.25) is 0 Å². The van der Waals surface area contributed by atoms with Gasteiger partial charge in [-0.25, -0.2) is 4.98 Å². The molecule has 1 aromatic heterocycles. The first-order valence-electron chi connectivity index (χ1n) is 5.50. The van der Waals surface area contributed by atoms with Crippen molar-refractivity contribution in [1.82, 2.24) is 4.98 Å². The number of benzene rings is 1. The van der Waals surface area contributed by atoms with Crippen molar-refractivity contribution in [2.75, 3.05) is 18.5 Å². The van der Waals surface area contributed by atoms with Crippen LogP contribution in [0.5, 0.6) is 0 Å². The third kappa shape index (κ3) is 1.52. The Kier molecular flexibility index (Phi) is 2.21. The van der Waals surface area contributed by atoms with E-state index in [0.29, 0.717) is 0 Å². The summed E-state index contributed by atoms with van der Waals surface area (Å²) < 4.78 is 0. The minimum absolute atomic E-state index is 1.10. The number of aryl methyl sites for hydroxylation is 1. The molecule has 0 fully saturated rings. The fourth-order valence-corrected chi connectivity index (χ4v) is 2.82. The second kappa shape index (κ2) is 3.59. The van der Waals surface area contributed by atoms with Crippen LogP contribution < -0.4 is 4.90 Å². The summed E-state index contributed by atoms with van der Waals surface area (Å²) in [5.74, 6) is 0. The maximum Gasteiger partial charge on any atom is 0.0901 e. The van der Waals surface area contributed by atoms with Gasteiger partial charge in [0.1, 0.15) is 0 Å².